The zero-order chi connectivity index (χ0) is 17.1. The summed E-state index contributed by atoms with van der Waals surface area (Å²) in [5, 5.41) is 3.36. The number of piperazine rings is 2. The summed E-state index contributed by atoms with van der Waals surface area (Å²) >= 11 is 0. The number of halogens is 1. The van der Waals surface area contributed by atoms with Crippen LogP contribution in [0.3, 0.4) is 0 Å². The van der Waals surface area contributed by atoms with Crippen LogP contribution in [-0.4, -0.2) is 73.6 Å². The molecule has 0 aromatic heterocycles. The lowest BCUT2D eigenvalue weighted by atomic mass is 10.1. The van der Waals surface area contributed by atoms with E-state index in [-0.39, 0.29) is 17.8 Å². The number of benzene rings is 1. The Labute approximate surface area is 143 Å². The summed E-state index contributed by atoms with van der Waals surface area (Å²) in [4.78, 5) is 19.3. The maximum atomic E-state index is 13.0. The molecule has 1 aromatic carbocycles. The van der Waals surface area contributed by atoms with E-state index >= 15 is 0 Å². The molecule has 3 rings (SSSR count). The van der Waals surface area contributed by atoms with Gasteiger partial charge in [-0.15, -0.1) is 0 Å². The van der Waals surface area contributed by atoms with E-state index in [9.17, 15) is 9.18 Å². The van der Waals surface area contributed by atoms with Crippen LogP contribution in [0.4, 0.5) is 10.1 Å². The third-order valence-corrected chi connectivity index (χ3v) is 5.02. The minimum atomic E-state index is -0.217. The van der Waals surface area contributed by atoms with Crippen LogP contribution in [0.1, 0.15) is 13.8 Å². The second kappa shape index (κ2) is 7.49. The molecule has 132 valence electrons. The Balaban J connectivity index is 1.54. The van der Waals surface area contributed by atoms with E-state index in [1.165, 1.54) is 12.1 Å². The van der Waals surface area contributed by atoms with Gasteiger partial charge in [0.05, 0.1) is 6.04 Å². The molecule has 2 saturated heterocycles. The van der Waals surface area contributed by atoms with Crippen molar-refractivity contribution < 1.29 is 9.18 Å². The number of carbonyl (C=O) groups excluding carboxylic acids is 1. The summed E-state index contributed by atoms with van der Waals surface area (Å²) in [6.45, 7) is 10.0. The maximum Gasteiger partial charge on any atom is 0.241 e. The number of amides is 1. The van der Waals surface area contributed by atoms with Gasteiger partial charge in [-0.05, 0) is 38.1 Å². The van der Waals surface area contributed by atoms with Crippen LogP contribution in [0.5, 0.6) is 0 Å². The van der Waals surface area contributed by atoms with Gasteiger partial charge in [0, 0.05) is 57.5 Å². The molecule has 6 heteroatoms. The Kier molecular flexibility index (Phi) is 5.36. The summed E-state index contributed by atoms with van der Waals surface area (Å²) in [5.41, 5.74) is 1.02. The van der Waals surface area contributed by atoms with E-state index in [0.29, 0.717) is 6.04 Å². The van der Waals surface area contributed by atoms with Crippen LogP contribution >= 0.6 is 0 Å². The first kappa shape index (κ1) is 17.2. The van der Waals surface area contributed by atoms with E-state index < -0.39 is 0 Å². The normalized spacial score (nSPS) is 22.9. The first-order valence-electron chi connectivity index (χ1n) is 8.81. The lowest BCUT2D eigenvalue weighted by Crippen LogP contribution is -2.61. The highest BCUT2D eigenvalue weighted by Crippen LogP contribution is 2.17. The molecule has 5 nitrogen and oxygen atoms in total. The van der Waals surface area contributed by atoms with Gasteiger partial charge in [-0.3, -0.25) is 9.69 Å². The predicted molar refractivity (Wildman–Crippen MR) is 93.7 cm³/mol. The standard InChI is InChI=1S/C18H27FN4O/c1-14(2)23-8-7-20-17(13-23)18(24)22-11-9-21(10-12-22)16-5-3-15(19)4-6-16/h3-6,14,17,20H,7-13H2,1-2H3/t17-/m1/s1. The van der Waals surface area contributed by atoms with Crippen molar-refractivity contribution in [2.45, 2.75) is 25.9 Å². The second-order valence-corrected chi connectivity index (χ2v) is 6.88. The molecule has 0 aliphatic carbocycles. The summed E-state index contributed by atoms with van der Waals surface area (Å²) in [7, 11) is 0. The average Bonchev–Trinajstić information content (AvgIpc) is 2.62. The summed E-state index contributed by atoms with van der Waals surface area (Å²) in [6, 6.07) is 6.95. The van der Waals surface area contributed by atoms with Crippen LogP contribution < -0.4 is 10.2 Å². The SMILES string of the molecule is CC(C)N1CCN[C@@H](C(=O)N2CCN(c3ccc(F)cc3)CC2)C1. The van der Waals surface area contributed by atoms with Gasteiger partial charge >= 0.3 is 0 Å². The molecule has 24 heavy (non-hydrogen) atoms. The molecule has 2 aliphatic heterocycles. The van der Waals surface area contributed by atoms with Gasteiger partial charge < -0.3 is 15.1 Å². The fourth-order valence-electron chi connectivity index (χ4n) is 3.46. The monoisotopic (exact) mass is 334 g/mol. The zero-order valence-electron chi connectivity index (χ0n) is 14.5. The maximum absolute atomic E-state index is 13.0. The van der Waals surface area contributed by atoms with Crippen LogP contribution in [0.15, 0.2) is 24.3 Å². The van der Waals surface area contributed by atoms with Crippen LogP contribution in [0.2, 0.25) is 0 Å². The zero-order valence-corrected chi connectivity index (χ0v) is 14.5. The Morgan fingerprint density at radius 3 is 2.42 bits per heavy atom. The molecule has 2 heterocycles. The predicted octanol–water partition coefficient (Wildman–Crippen LogP) is 1.16. The van der Waals surface area contributed by atoms with Crippen molar-refractivity contribution in [1.82, 2.24) is 15.1 Å². The van der Waals surface area contributed by atoms with Gasteiger partial charge in [0.15, 0.2) is 0 Å². The number of anilines is 1. The highest BCUT2D eigenvalue weighted by atomic mass is 19.1. The van der Waals surface area contributed by atoms with Crippen LogP contribution in [-0.2, 0) is 4.79 Å². The van der Waals surface area contributed by atoms with Gasteiger partial charge in [-0.1, -0.05) is 0 Å². The van der Waals surface area contributed by atoms with E-state index in [1.54, 1.807) is 12.1 Å². The Bertz CT molecular complexity index is 555. The highest BCUT2D eigenvalue weighted by Gasteiger charge is 2.31. The van der Waals surface area contributed by atoms with E-state index in [0.717, 1.165) is 51.5 Å². The Morgan fingerprint density at radius 2 is 1.79 bits per heavy atom. The van der Waals surface area contributed by atoms with Crippen molar-refractivity contribution in [3.63, 3.8) is 0 Å². The highest BCUT2D eigenvalue weighted by molar-refractivity contribution is 5.82. The molecule has 0 radical (unpaired) electrons. The molecule has 1 amide bonds. The molecule has 0 saturated carbocycles. The molecular formula is C18H27FN4O. The van der Waals surface area contributed by atoms with Crippen molar-refractivity contribution in [3.8, 4) is 0 Å². The summed E-state index contributed by atoms with van der Waals surface area (Å²) in [5.74, 6) is -0.00949. The minimum absolute atomic E-state index is 0.0986. The molecule has 2 aliphatic rings. The first-order valence-corrected chi connectivity index (χ1v) is 8.81. The number of carbonyl (C=O) groups is 1. The van der Waals surface area contributed by atoms with Crippen molar-refractivity contribution in [2.24, 2.45) is 0 Å². The number of nitrogens with one attached hydrogen (secondary N) is 1. The van der Waals surface area contributed by atoms with Crippen LogP contribution in [0.25, 0.3) is 0 Å². The average molecular weight is 334 g/mol. The molecule has 0 bridgehead atoms. The van der Waals surface area contributed by atoms with Crippen LogP contribution in [0, 0.1) is 5.82 Å². The number of hydrogen-bond acceptors (Lipinski definition) is 4. The van der Waals surface area contributed by atoms with E-state index in [2.05, 4.69) is 29.0 Å². The first-order chi connectivity index (χ1) is 11.5. The van der Waals surface area contributed by atoms with Gasteiger partial charge in [-0.2, -0.15) is 0 Å². The quantitative estimate of drug-likeness (QED) is 0.900. The third-order valence-electron chi connectivity index (χ3n) is 5.02. The van der Waals surface area contributed by atoms with Gasteiger partial charge in [0.2, 0.25) is 5.91 Å². The topological polar surface area (TPSA) is 38.8 Å². The molecule has 0 spiro atoms. The molecule has 1 atom stereocenters. The summed E-state index contributed by atoms with van der Waals surface area (Å²) in [6.07, 6.45) is 0. The van der Waals surface area contributed by atoms with E-state index in [4.69, 9.17) is 0 Å². The van der Waals surface area contributed by atoms with Crippen molar-refractivity contribution in [2.75, 3.05) is 50.7 Å². The van der Waals surface area contributed by atoms with Gasteiger partial charge in [0.1, 0.15) is 5.82 Å². The molecule has 1 N–H and O–H groups in total. The largest absolute Gasteiger partial charge is 0.368 e. The molecule has 1 aromatic rings. The number of nitrogens with zero attached hydrogens (tertiary/aromatic N) is 3. The summed E-state index contributed by atoms with van der Waals surface area (Å²) < 4.78 is 13.0. The van der Waals surface area contributed by atoms with Crippen molar-refractivity contribution in [3.05, 3.63) is 30.1 Å². The lowest BCUT2D eigenvalue weighted by molar-refractivity contribution is -0.135. The minimum Gasteiger partial charge on any atom is -0.368 e. The molecule has 2 fully saturated rings. The fraction of sp³-hybridized carbons (Fsp3) is 0.611. The van der Waals surface area contributed by atoms with E-state index in [1.807, 2.05) is 4.90 Å². The number of hydrogen-bond donors (Lipinski definition) is 1. The smallest absolute Gasteiger partial charge is 0.241 e. The fourth-order valence-corrected chi connectivity index (χ4v) is 3.46. The Morgan fingerprint density at radius 1 is 1.12 bits per heavy atom. The molecular weight excluding hydrogens is 307 g/mol. The number of rotatable bonds is 3. The molecule has 0 unspecified atom stereocenters. The van der Waals surface area contributed by atoms with Crippen molar-refractivity contribution in [1.29, 1.82) is 0 Å². The van der Waals surface area contributed by atoms with Gasteiger partial charge in [-0.25, -0.2) is 4.39 Å². The van der Waals surface area contributed by atoms with Crippen molar-refractivity contribution >= 4 is 11.6 Å². The Hall–Kier alpha value is -1.66. The third kappa shape index (κ3) is 3.87. The lowest BCUT2D eigenvalue weighted by Gasteiger charge is -2.40. The van der Waals surface area contributed by atoms with Gasteiger partial charge in [0.25, 0.3) is 0 Å². The second-order valence-electron chi connectivity index (χ2n) is 6.88.